The largest absolute Gasteiger partial charge is 0.464 e. The van der Waals surface area contributed by atoms with Gasteiger partial charge in [0.2, 0.25) is 0 Å². The Morgan fingerprint density at radius 1 is 1.35 bits per heavy atom. The minimum Gasteiger partial charge on any atom is -0.464 e. The van der Waals surface area contributed by atoms with Crippen molar-refractivity contribution in [1.82, 2.24) is 5.32 Å². The van der Waals surface area contributed by atoms with Crippen molar-refractivity contribution in [3.8, 4) is 0 Å². The van der Waals surface area contributed by atoms with Crippen LogP contribution in [0, 0.1) is 5.92 Å². The van der Waals surface area contributed by atoms with Gasteiger partial charge in [-0.25, -0.2) is 0 Å². The van der Waals surface area contributed by atoms with Crippen molar-refractivity contribution in [3.05, 3.63) is 36.1 Å². The number of rotatable bonds is 5. The van der Waals surface area contributed by atoms with Crippen LogP contribution in [0.25, 0.3) is 11.0 Å². The zero-order chi connectivity index (χ0) is 11.7. The lowest BCUT2D eigenvalue weighted by Crippen LogP contribution is -2.32. The quantitative estimate of drug-likeness (QED) is 0.850. The Morgan fingerprint density at radius 2 is 2.24 bits per heavy atom. The molecule has 17 heavy (non-hydrogen) atoms. The summed E-state index contributed by atoms with van der Waals surface area (Å²) in [6.45, 7) is 3.25. The lowest BCUT2D eigenvalue weighted by molar-refractivity contribution is 0.472. The fraction of sp³-hybridized carbons (Fsp3) is 0.467. The summed E-state index contributed by atoms with van der Waals surface area (Å²) in [5, 5.41) is 4.83. The second-order valence-electron chi connectivity index (χ2n) is 5.00. The molecule has 0 radical (unpaired) electrons. The van der Waals surface area contributed by atoms with Crippen LogP contribution >= 0.6 is 0 Å². The molecule has 2 nitrogen and oxygen atoms in total. The average Bonchev–Trinajstić information content (AvgIpc) is 3.07. The van der Waals surface area contributed by atoms with Crippen LogP contribution in [0.5, 0.6) is 0 Å². The molecule has 1 N–H and O–H groups in total. The van der Waals surface area contributed by atoms with Crippen LogP contribution in [0.2, 0.25) is 0 Å². The lowest BCUT2D eigenvalue weighted by Gasteiger charge is -2.17. The van der Waals surface area contributed by atoms with Gasteiger partial charge in [-0.3, -0.25) is 0 Å². The molecule has 90 valence electrons. The van der Waals surface area contributed by atoms with E-state index >= 15 is 0 Å². The highest BCUT2D eigenvalue weighted by Gasteiger charge is 2.30. The molecule has 1 aliphatic carbocycles. The Labute approximate surface area is 102 Å². The molecule has 2 aromatic rings. The molecule has 1 unspecified atom stereocenters. The van der Waals surface area contributed by atoms with E-state index in [-0.39, 0.29) is 0 Å². The first kappa shape index (κ1) is 10.8. The SMILES string of the molecule is CCNC(Cc1ccc2occc2c1)C1CC1. The van der Waals surface area contributed by atoms with E-state index in [1.807, 2.05) is 6.07 Å². The molecule has 3 rings (SSSR count). The van der Waals surface area contributed by atoms with Crippen LogP contribution in [-0.4, -0.2) is 12.6 Å². The van der Waals surface area contributed by atoms with Crippen molar-refractivity contribution in [3.63, 3.8) is 0 Å². The van der Waals surface area contributed by atoms with Gasteiger partial charge in [-0.2, -0.15) is 0 Å². The Hall–Kier alpha value is -1.28. The Kier molecular flexibility index (Phi) is 2.89. The van der Waals surface area contributed by atoms with E-state index < -0.39 is 0 Å². The monoisotopic (exact) mass is 229 g/mol. The highest BCUT2D eigenvalue weighted by molar-refractivity contribution is 5.77. The van der Waals surface area contributed by atoms with Crippen LogP contribution in [0.15, 0.2) is 34.9 Å². The smallest absolute Gasteiger partial charge is 0.133 e. The molecule has 1 aromatic carbocycles. The maximum absolute atomic E-state index is 5.37. The zero-order valence-corrected chi connectivity index (χ0v) is 10.3. The van der Waals surface area contributed by atoms with Gasteiger partial charge in [-0.1, -0.05) is 13.0 Å². The fourth-order valence-electron chi connectivity index (χ4n) is 2.56. The summed E-state index contributed by atoms with van der Waals surface area (Å²) in [4.78, 5) is 0. The van der Waals surface area contributed by atoms with E-state index in [9.17, 15) is 0 Å². The molecule has 0 aliphatic heterocycles. The van der Waals surface area contributed by atoms with E-state index in [1.54, 1.807) is 6.26 Å². The molecule has 0 bridgehead atoms. The van der Waals surface area contributed by atoms with E-state index in [0.717, 1.165) is 24.5 Å². The van der Waals surface area contributed by atoms with Crippen molar-refractivity contribution in [2.24, 2.45) is 5.92 Å². The number of hydrogen-bond donors (Lipinski definition) is 1. The van der Waals surface area contributed by atoms with Crippen LogP contribution in [0.3, 0.4) is 0 Å². The molecule has 1 saturated carbocycles. The zero-order valence-electron chi connectivity index (χ0n) is 10.3. The summed E-state index contributed by atoms with van der Waals surface area (Å²) in [5.74, 6) is 0.898. The van der Waals surface area contributed by atoms with E-state index in [0.29, 0.717) is 6.04 Å². The highest BCUT2D eigenvalue weighted by Crippen LogP contribution is 2.34. The van der Waals surface area contributed by atoms with Crippen LogP contribution in [-0.2, 0) is 6.42 Å². The molecular weight excluding hydrogens is 210 g/mol. The fourth-order valence-corrected chi connectivity index (χ4v) is 2.56. The second kappa shape index (κ2) is 4.53. The van der Waals surface area contributed by atoms with Gasteiger partial charge in [-0.15, -0.1) is 0 Å². The van der Waals surface area contributed by atoms with Gasteiger partial charge in [0.25, 0.3) is 0 Å². The maximum Gasteiger partial charge on any atom is 0.133 e. The Bertz CT molecular complexity index is 498. The molecule has 1 fully saturated rings. The molecule has 1 aliphatic rings. The predicted octanol–water partition coefficient (Wildman–Crippen LogP) is 3.36. The first-order valence-electron chi connectivity index (χ1n) is 6.56. The highest BCUT2D eigenvalue weighted by atomic mass is 16.3. The third-order valence-corrected chi connectivity index (χ3v) is 3.63. The topological polar surface area (TPSA) is 25.2 Å². The molecule has 1 aromatic heterocycles. The van der Waals surface area contributed by atoms with Gasteiger partial charge in [0.15, 0.2) is 0 Å². The van der Waals surface area contributed by atoms with Crippen LogP contribution in [0.4, 0.5) is 0 Å². The average molecular weight is 229 g/mol. The Morgan fingerprint density at radius 3 is 3.00 bits per heavy atom. The van der Waals surface area contributed by atoms with Crippen LogP contribution in [0.1, 0.15) is 25.3 Å². The molecule has 0 saturated heterocycles. The normalized spacial score (nSPS) is 17.5. The van der Waals surface area contributed by atoms with Gasteiger partial charge >= 0.3 is 0 Å². The van der Waals surface area contributed by atoms with Gasteiger partial charge < -0.3 is 9.73 Å². The number of hydrogen-bond acceptors (Lipinski definition) is 2. The summed E-state index contributed by atoms with van der Waals surface area (Å²) < 4.78 is 5.37. The third-order valence-electron chi connectivity index (χ3n) is 3.63. The molecule has 1 atom stereocenters. The van der Waals surface area contributed by atoms with Crippen LogP contribution < -0.4 is 5.32 Å². The Balaban J connectivity index is 1.77. The summed E-state index contributed by atoms with van der Waals surface area (Å²) in [6, 6.07) is 9.23. The van der Waals surface area contributed by atoms with Gasteiger partial charge in [0.05, 0.1) is 6.26 Å². The van der Waals surface area contributed by atoms with Crippen molar-refractivity contribution in [2.75, 3.05) is 6.54 Å². The van der Waals surface area contributed by atoms with Gasteiger partial charge in [0, 0.05) is 11.4 Å². The lowest BCUT2D eigenvalue weighted by atomic mass is 10.0. The van der Waals surface area contributed by atoms with E-state index in [4.69, 9.17) is 4.42 Å². The van der Waals surface area contributed by atoms with Crippen molar-refractivity contribution in [1.29, 1.82) is 0 Å². The number of furan rings is 1. The molecule has 2 heteroatoms. The second-order valence-corrected chi connectivity index (χ2v) is 5.00. The minimum absolute atomic E-state index is 0.657. The number of fused-ring (bicyclic) bond motifs is 1. The first-order chi connectivity index (χ1) is 8.36. The molecule has 1 heterocycles. The summed E-state index contributed by atoms with van der Waals surface area (Å²) in [7, 11) is 0. The number of nitrogens with one attached hydrogen (secondary N) is 1. The molecule has 0 spiro atoms. The standard InChI is InChI=1S/C15H19NO/c1-2-16-14(12-4-5-12)10-11-3-6-15-13(9-11)7-8-17-15/h3,6-9,12,14,16H,2,4-5,10H2,1H3. The van der Waals surface area contributed by atoms with Gasteiger partial charge in [-0.05, 0) is 55.5 Å². The minimum atomic E-state index is 0.657. The van der Waals surface area contributed by atoms with Crippen molar-refractivity contribution < 1.29 is 4.42 Å². The molecular formula is C15H19NO. The molecule has 0 amide bonds. The van der Waals surface area contributed by atoms with E-state index in [2.05, 4.69) is 30.4 Å². The van der Waals surface area contributed by atoms with E-state index in [1.165, 1.54) is 23.8 Å². The maximum atomic E-state index is 5.37. The van der Waals surface area contributed by atoms with Crippen molar-refractivity contribution in [2.45, 2.75) is 32.2 Å². The summed E-state index contributed by atoms with van der Waals surface area (Å²) in [6.07, 6.45) is 5.69. The third kappa shape index (κ3) is 2.37. The number of benzene rings is 1. The summed E-state index contributed by atoms with van der Waals surface area (Å²) >= 11 is 0. The predicted molar refractivity (Wildman–Crippen MR) is 70.1 cm³/mol. The van der Waals surface area contributed by atoms with Gasteiger partial charge in [0.1, 0.15) is 5.58 Å². The van der Waals surface area contributed by atoms with Crippen molar-refractivity contribution >= 4 is 11.0 Å². The first-order valence-corrected chi connectivity index (χ1v) is 6.56. The summed E-state index contributed by atoms with van der Waals surface area (Å²) in [5.41, 5.74) is 2.40. The number of likely N-dealkylation sites (N-methyl/N-ethyl adjacent to an activating group) is 1.